The minimum Gasteiger partial charge on any atom is -0.464 e. The fraction of sp³-hybridized carbons (Fsp3) is 0.692. The van der Waals surface area contributed by atoms with Crippen molar-refractivity contribution < 1.29 is 24.5 Å². The average molecular weight is 284 g/mol. The predicted octanol–water partition coefficient (Wildman–Crippen LogP) is 0.540. The van der Waals surface area contributed by atoms with E-state index in [-0.39, 0.29) is 12.8 Å². The molecule has 1 saturated heterocycles. The third-order valence-electron chi connectivity index (χ3n) is 3.24. The van der Waals surface area contributed by atoms with Crippen molar-refractivity contribution in [3.63, 3.8) is 0 Å². The molecule has 0 aliphatic carbocycles. The van der Waals surface area contributed by atoms with E-state index in [0.717, 1.165) is 19.3 Å². The summed E-state index contributed by atoms with van der Waals surface area (Å²) in [7, 11) is 0. The van der Waals surface area contributed by atoms with Crippen LogP contribution in [-0.2, 0) is 14.3 Å². The van der Waals surface area contributed by atoms with Crippen molar-refractivity contribution in [2.75, 3.05) is 13.2 Å². The molecule has 1 aromatic rings. The largest absolute Gasteiger partial charge is 0.464 e. The Kier molecular flexibility index (Phi) is 5.11. The number of esters is 1. The zero-order valence-electron chi connectivity index (χ0n) is 11.4. The number of carbonyl (C=O) groups is 1. The Hall–Kier alpha value is -1.44. The molecule has 2 unspecified atom stereocenters. The predicted molar refractivity (Wildman–Crippen MR) is 68.7 cm³/mol. The lowest BCUT2D eigenvalue weighted by Crippen LogP contribution is -2.29. The van der Waals surface area contributed by atoms with Gasteiger partial charge in [0, 0.05) is 18.4 Å². The molecule has 2 heterocycles. The second-order valence-electron chi connectivity index (χ2n) is 4.72. The van der Waals surface area contributed by atoms with Gasteiger partial charge in [-0.3, -0.25) is 0 Å². The number of nitrogens with zero attached hydrogens (tertiary/aromatic N) is 2. The highest BCUT2D eigenvalue weighted by Gasteiger charge is 2.28. The number of hydrogen-bond donors (Lipinski definition) is 2. The third-order valence-corrected chi connectivity index (χ3v) is 3.24. The van der Waals surface area contributed by atoms with Crippen LogP contribution in [0.3, 0.4) is 0 Å². The first-order chi connectivity index (χ1) is 9.63. The van der Waals surface area contributed by atoms with Crippen LogP contribution in [0.5, 0.6) is 0 Å². The molecule has 0 aromatic carbocycles. The number of hydrogen-bond acceptors (Lipinski definition) is 6. The van der Waals surface area contributed by atoms with Gasteiger partial charge in [0.25, 0.3) is 0 Å². The van der Waals surface area contributed by atoms with Gasteiger partial charge in [0.15, 0.2) is 6.10 Å². The van der Waals surface area contributed by atoms with E-state index in [1.807, 2.05) is 0 Å². The molecule has 2 rings (SSSR count). The molecule has 0 radical (unpaired) electrons. The molecule has 1 aliphatic rings. The highest BCUT2D eigenvalue weighted by Crippen LogP contribution is 2.24. The van der Waals surface area contributed by atoms with E-state index < -0.39 is 18.2 Å². The fourth-order valence-electron chi connectivity index (χ4n) is 2.13. The lowest BCUT2D eigenvalue weighted by molar-refractivity contribution is -0.159. The van der Waals surface area contributed by atoms with E-state index in [1.165, 1.54) is 6.20 Å². The van der Waals surface area contributed by atoms with E-state index >= 15 is 0 Å². The summed E-state index contributed by atoms with van der Waals surface area (Å²) >= 11 is 0. The number of aliphatic hydroxyl groups excluding tert-OH is 2. The van der Waals surface area contributed by atoms with E-state index in [9.17, 15) is 15.0 Å². The average Bonchev–Trinajstić information content (AvgIpc) is 2.96. The molecule has 1 aliphatic heterocycles. The van der Waals surface area contributed by atoms with Gasteiger partial charge < -0.3 is 19.7 Å². The van der Waals surface area contributed by atoms with Gasteiger partial charge in [0.1, 0.15) is 12.3 Å². The van der Waals surface area contributed by atoms with Crippen LogP contribution < -0.4 is 0 Å². The smallest absolute Gasteiger partial charge is 0.338 e. The molecule has 1 fully saturated rings. The van der Waals surface area contributed by atoms with Gasteiger partial charge in [-0.2, -0.15) is 5.10 Å². The Morgan fingerprint density at radius 2 is 2.40 bits per heavy atom. The van der Waals surface area contributed by atoms with E-state index in [0.29, 0.717) is 12.2 Å². The summed E-state index contributed by atoms with van der Waals surface area (Å²) in [6.07, 6.45) is 2.85. The van der Waals surface area contributed by atoms with Gasteiger partial charge in [-0.05, 0) is 26.2 Å². The molecule has 7 nitrogen and oxygen atoms in total. The Bertz CT molecular complexity index is 442. The van der Waals surface area contributed by atoms with Crippen molar-refractivity contribution in [1.29, 1.82) is 0 Å². The van der Waals surface area contributed by atoms with Gasteiger partial charge in [0.2, 0.25) is 0 Å². The number of ether oxygens (including phenoxy) is 2. The van der Waals surface area contributed by atoms with Gasteiger partial charge in [-0.15, -0.1) is 0 Å². The number of aliphatic hydroxyl groups is 2. The standard InChI is InChI=1S/C13H20N2O5/c1-2-19-13(18)12(17)11(16)9-7-14-15(8-9)10-5-3-4-6-20-10/h7-8,10-12,16-17H,2-6H2,1H3/t10-,11?,12?/m0/s1. The van der Waals surface area contributed by atoms with E-state index in [4.69, 9.17) is 4.74 Å². The minimum absolute atomic E-state index is 0.149. The quantitative estimate of drug-likeness (QED) is 0.766. The molecular weight excluding hydrogens is 264 g/mol. The lowest BCUT2D eigenvalue weighted by Gasteiger charge is -2.22. The van der Waals surface area contributed by atoms with E-state index in [2.05, 4.69) is 9.84 Å². The van der Waals surface area contributed by atoms with Gasteiger partial charge >= 0.3 is 5.97 Å². The summed E-state index contributed by atoms with van der Waals surface area (Å²) in [5.41, 5.74) is 0.361. The lowest BCUT2D eigenvalue weighted by atomic mass is 10.1. The zero-order valence-corrected chi connectivity index (χ0v) is 11.4. The molecule has 0 spiro atoms. The molecule has 7 heteroatoms. The summed E-state index contributed by atoms with van der Waals surface area (Å²) in [6, 6.07) is 0. The van der Waals surface area contributed by atoms with E-state index in [1.54, 1.807) is 17.8 Å². The Balaban J connectivity index is 2.01. The first-order valence-corrected chi connectivity index (χ1v) is 6.82. The SMILES string of the molecule is CCOC(=O)C(O)C(O)c1cnn([C@@H]2CCCCO2)c1. The van der Waals surface area contributed by atoms with Crippen LogP contribution in [0.1, 0.15) is 44.1 Å². The molecule has 0 amide bonds. The van der Waals surface area contributed by atoms with Crippen molar-refractivity contribution in [3.8, 4) is 0 Å². The first-order valence-electron chi connectivity index (χ1n) is 6.82. The molecule has 3 atom stereocenters. The summed E-state index contributed by atoms with van der Waals surface area (Å²) in [5.74, 6) is -0.846. The van der Waals surface area contributed by atoms with Crippen LogP contribution in [0.25, 0.3) is 0 Å². The molecule has 112 valence electrons. The van der Waals surface area contributed by atoms with Crippen molar-refractivity contribution in [3.05, 3.63) is 18.0 Å². The Morgan fingerprint density at radius 3 is 3.05 bits per heavy atom. The third kappa shape index (κ3) is 3.36. The van der Waals surface area contributed by atoms with Crippen LogP contribution in [0.2, 0.25) is 0 Å². The van der Waals surface area contributed by atoms with Crippen LogP contribution in [-0.4, -0.2) is 45.3 Å². The van der Waals surface area contributed by atoms with Crippen molar-refractivity contribution in [2.45, 2.75) is 44.6 Å². The summed E-state index contributed by atoms with van der Waals surface area (Å²) < 4.78 is 11.8. The van der Waals surface area contributed by atoms with Gasteiger partial charge in [-0.25, -0.2) is 9.48 Å². The van der Waals surface area contributed by atoms with Crippen LogP contribution >= 0.6 is 0 Å². The summed E-state index contributed by atoms with van der Waals surface area (Å²) in [4.78, 5) is 11.4. The van der Waals surface area contributed by atoms with Crippen LogP contribution in [0, 0.1) is 0 Å². The molecule has 20 heavy (non-hydrogen) atoms. The molecule has 1 aromatic heterocycles. The molecule has 2 N–H and O–H groups in total. The Morgan fingerprint density at radius 1 is 1.60 bits per heavy atom. The number of carbonyl (C=O) groups excluding carboxylic acids is 1. The highest BCUT2D eigenvalue weighted by atomic mass is 16.5. The van der Waals surface area contributed by atoms with Gasteiger partial charge in [-0.1, -0.05) is 0 Å². The van der Waals surface area contributed by atoms with Crippen molar-refractivity contribution in [2.24, 2.45) is 0 Å². The second kappa shape index (κ2) is 6.83. The maximum Gasteiger partial charge on any atom is 0.338 e. The highest BCUT2D eigenvalue weighted by molar-refractivity contribution is 5.75. The molecule has 0 saturated carbocycles. The maximum atomic E-state index is 11.4. The summed E-state index contributed by atoms with van der Waals surface area (Å²) in [5, 5.41) is 23.8. The number of aromatic nitrogens is 2. The van der Waals surface area contributed by atoms with Crippen LogP contribution in [0.15, 0.2) is 12.4 Å². The maximum absolute atomic E-state index is 11.4. The van der Waals surface area contributed by atoms with Crippen LogP contribution in [0.4, 0.5) is 0 Å². The fourth-order valence-corrected chi connectivity index (χ4v) is 2.13. The Labute approximate surface area is 117 Å². The number of rotatable bonds is 5. The second-order valence-corrected chi connectivity index (χ2v) is 4.72. The van der Waals surface area contributed by atoms with Gasteiger partial charge in [0.05, 0.1) is 12.8 Å². The molecule has 0 bridgehead atoms. The normalized spacial score (nSPS) is 22.2. The topological polar surface area (TPSA) is 93.8 Å². The van der Waals surface area contributed by atoms with Crippen molar-refractivity contribution in [1.82, 2.24) is 9.78 Å². The molecular formula is C13H20N2O5. The monoisotopic (exact) mass is 284 g/mol. The minimum atomic E-state index is -1.61. The first kappa shape index (κ1) is 15.0. The zero-order chi connectivity index (χ0) is 14.5. The summed E-state index contributed by atoms with van der Waals surface area (Å²) in [6.45, 7) is 2.47. The van der Waals surface area contributed by atoms with Crippen molar-refractivity contribution >= 4 is 5.97 Å².